The van der Waals surface area contributed by atoms with Gasteiger partial charge in [0.05, 0.1) is 28.7 Å². The van der Waals surface area contributed by atoms with E-state index < -0.39 is 0 Å². The molecule has 0 aliphatic heterocycles. The number of furan rings is 1. The van der Waals surface area contributed by atoms with Crippen LogP contribution in [0.4, 0.5) is 0 Å². The molecule has 28 nitrogen and oxygen atoms in total. The van der Waals surface area contributed by atoms with Crippen LogP contribution in [0.3, 0.4) is 0 Å². The van der Waals surface area contributed by atoms with Crippen molar-refractivity contribution in [2.45, 2.75) is 48.5 Å². The van der Waals surface area contributed by atoms with Gasteiger partial charge in [0, 0.05) is 255 Å². The monoisotopic (exact) mass is 1490 g/mol. The van der Waals surface area contributed by atoms with E-state index in [4.69, 9.17) is 4.42 Å². The molecule has 17 heterocycles. The van der Waals surface area contributed by atoms with E-state index in [1.807, 2.05) is 268 Å². The summed E-state index contributed by atoms with van der Waals surface area (Å²) in [5.41, 5.74) is 2.74. The first kappa shape index (κ1) is 92.2. The van der Waals surface area contributed by atoms with Crippen LogP contribution in [0.15, 0.2) is 326 Å². The average Bonchev–Trinajstić information content (AvgIpc) is 1.63. The van der Waals surface area contributed by atoms with Gasteiger partial charge in [0.2, 0.25) is 0 Å². The van der Waals surface area contributed by atoms with E-state index in [0.717, 1.165) is 27.4 Å². The van der Waals surface area contributed by atoms with E-state index in [1.165, 1.54) is 33.0 Å². The van der Waals surface area contributed by atoms with Gasteiger partial charge >= 0.3 is 5.69 Å². The van der Waals surface area contributed by atoms with Gasteiger partial charge in [0.25, 0.3) is 0 Å². The zero-order valence-corrected chi connectivity index (χ0v) is 66.3. The number of hydrogen-bond donors (Lipinski definition) is 0. The van der Waals surface area contributed by atoms with Crippen LogP contribution in [0.1, 0.15) is 38.7 Å². The van der Waals surface area contributed by atoms with Crippen molar-refractivity contribution in [2.24, 2.45) is 77.5 Å². The Kier molecular flexibility index (Phi) is 53.2. The average molecular weight is 1490 g/mol. The summed E-state index contributed by atoms with van der Waals surface area (Å²) in [6, 6.07) is 34.6. The molecular weight excluding hydrogens is 1390 g/mol. The van der Waals surface area contributed by atoms with Gasteiger partial charge < -0.3 is 36.2 Å². The fraction of sp³-hybridized carbons (Fsp3) is 0.234. The number of nitrogens with zero attached hydrogens (tertiary/aromatic N) is 25. The normalized spacial score (nSPS) is 8.88. The highest BCUT2D eigenvalue weighted by Gasteiger charge is 1.93. The summed E-state index contributed by atoms with van der Waals surface area (Å²) in [6.07, 6.45) is 55.2. The Bertz CT molecular complexity index is 3750. The van der Waals surface area contributed by atoms with Gasteiger partial charge in [-0.05, 0) is 145 Å². The molecule has 0 fully saturated rings. The summed E-state index contributed by atoms with van der Waals surface area (Å²) >= 11 is 3.33. The molecule has 0 aliphatic carbocycles. The Morgan fingerprint density at radius 1 is 0.327 bits per heavy atom. The minimum atomic E-state index is 0.0185. The molecule has 0 radical (unpaired) electrons. The molecule has 0 unspecified atom stereocenters. The van der Waals surface area contributed by atoms with E-state index in [-0.39, 0.29) is 5.69 Å². The van der Waals surface area contributed by atoms with Crippen molar-refractivity contribution in [2.75, 3.05) is 0 Å². The maximum absolute atomic E-state index is 10.7. The molecule has 17 aromatic rings. The van der Waals surface area contributed by atoms with Crippen LogP contribution in [0.5, 0.6) is 0 Å². The van der Waals surface area contributed by atoms with Gasteiger partial charge in [-0.25, -0.2) is 19.7 Å². The second-order valence-corrected chi connectivity index (χ2v) is 23.6. The van der Waals surface area contributed by atoms with Crippen LogP contribution in [0, 0.1) is 48.5 Å². The topological polar surface area (TPSA) is 278 Å². The maximum atomic E-state index is 10.7. The third-order valence-electron chi connectivity index (χ3n) is 12.6. The lowest BCUT2D eigenvalue weighted by Crippen LogP contribution is -2.18. The molecule has 0 N–H and O–H groups in total. The third-order valence-corrected chi connectivity index (χ3v) is 14.0. The summed E-state index contributed by atoms with van der Waals surface area (Å²) in [5.74, 6) is 3.08. The predicted octanol–water partition coefficient (Wildman–Crippen LogP) is 13.8. The van der Waals surface area contributed by atoms with Crippen LogP contribution < -0.4 is 5.69 Å². The van der Waals surface area contributed by atoms with Crippen molar-refractivity contribution in [3.8, 4) is 0 Å². The first-order valence-corrected chi connectivity index (χ1v) is 34.7. The van der Waals surface area contributed by atoms with E-state index in [0.29, 0.717) is 0 Å². The quantitative estimate of drug-likeness (QED) is 0.136. The van der Waals surface area contributed by atoms with Crippen molar-refractivity contribution >= 4 is 22.7 Å². The molecule has 0 saturated heterocycles. The number of thiazole rings is 2. The van der Waals surface area contributed by atoms with Crippen molar-refractivity contribution in [1.29, 1.82) is 0 Å². The van der Waals surface area contributed by atoms with Gasteiger partial charge in [-0.3, -0.25) is 48.3 Å². The van der Waals surface area contributed by atoms with Crippen LogP contribution in [-0.2, 0) is 77.5 Å². The maximum Gasteiger partial charge on any atom is 0.327 e. The largest absolute Gasteiger partial charge is 0.470 e. The molecule has 0 atom stereocenters. The standard InChI is InChI=1S/C7H11N.C5H8N2O.2C5H8N2.C5H7N.3C5H5N.C5H6O.4C4H6N2.2C4H5NS.C3H5N3.C3H3NO/c1-6-4-5-8(3)7(6)2;1-6-3-4-7(2)5(6)8;2*1-5-6-3-4-7(5)2;1-6-4-2-3-5-6;3*1-2-4-6-5-3-1;1-5-3-2-4-6-5;4*1-6-4-2-3-5-6;2*1-4-5-2-3-6-4;1-6-3-2-4-5-6;1-2-5-3-4-1/h4-5H,1-3H3;3-4H,1-2H3;2*3-4H,1-2H3;2-5H,1H3;3*1-5H;5*2-4H,1H3;3*2-3H,1H3;1-3H. The number of oxazole rings is 1. The Morgan fingerprint density at radius 3 is 0.841 bits per heavy atom. The Balaban J connectivity index is 0.000000569. The first-order valence-electron chi connectivity index (χ1n) is 32.9. The van der Waals surface area contributed by atoms with E-state index in [2.05, 4.69) is 113 Å². The Labute approximate surface area is 637 Å². The number of pyridine rings is 3. The lowest BCUT2D eigenvalue weighted by Gasteiger charge is -1.93. The molecule has 17 aromatic heterocycles. The molecule has 107 heavy (non-hydrogen) atoms. The van der Waals surface area contributed by atoms with Gasteiger partial charge in [-0.1, -0.05) is 23.4 Å². The summed E-state index contributed by atoms with van der Waals surface area (Å²) < 4.78 is 29.1. The van der Waals surface area contributed by atoms with Crippen molar-refractivity contribution in [3.05, 3.63) is 362 Å². The van der Waals surface area contributed by atoms with Gasteiger partial charge in [-0.2, -0.15) is 20.4 Å². The second-order valence-electron chi connectivity index (χ2n) is 21.4. The minimum Gasteiger partial charge on any atom is -0.470 e. The van der Waals surface area contributed by atoms with Gasteiger partial charge in [0.15, 0.2) is 6.39 Å². The summed E-state index contributed by atoms with van der Waals surface area (Å²) in [7, 11) is 20.8. The number of hydrogen-bond acceptors (Lipinski definition) is 19. The summed E-state index contributed by atoms with van der Waals surface area (Å²) in [5, 5.41) is 28.7. The minimum absolute atomic E-state index is 0.0185. The molecular formula is C77H105N25O3S2. The predicted molar refractivity (Wildman–Crippen MR) is 427 cm³/mol. The van der Waals surface area contributed by atoms with Crippen LogP contribution in [-0.4, -0.2) is 121 Å². The molecule has 30 heteroatoms. The highest BCUT2D eigenvalue weighted by molar-refractivity contribution is 7.09. The van der Waals surface area contributed by atoms with Crippen molar-refractivity contribution in [1.82, 2.24) is 121 Å². The summed E-state index contributed by atoms with van der Waals surface area (Å²) in [6.45, 7) is 14.1. The smallest absolute Gasteiger partial charge is 0.327 e. The van der Waals surface area contributed by atoms with E-state index in [1.54, 1.807) is 184 Å². The van der Waals surface area contributed by atoms with E-state index >= 15 is 0 Å². The number of rotatable bonds is 0. The molecule has 0 aliphatic rings. The molecule has 0 amide bonds. The van der Waals surface area contributed by atoms with Gasteiger partial charge in [-0.15, -0.1) is 27.8 Å². The highest BCUT2D eigenvalue weighted by Crippen LogP contribution is 2.04. The van der Waals surface area contributed by atoms with Crippen molar-refractivity contribution < 1.29 is 8.83 Å². The first-order chi connectivity index (χ1) is 51.6. The van der Waals surface area contributed by atoms with Crippen LogP contribution in [0.25, 0.3) is 0 Å². The zero-order valence-electron chi connectivity index (χ0n) is 64.7. The molecule has 0 saturated carbocycles. The van der Waals surface area contributed by atoms with Crippen LogP contribution in [0.2, 0.25) is 0 Å². The number of aryl methyl sites for hydroxylation is 17. The molecule has 0 aromatic carbocycles. The van der Waals surface area contributed by atoms with Crippen LogP contribution >= 0.6 is 22.7 Å². The third kappa shape index (κ3) is 54.5. The SMILES string of the molecule is Cc1ccco1.Cc1ccn(C)c1C.Cc1nccn1C.Cc1nccn1C.Cc1nccs1.Cc1nccs1.Cn1cccc1.Cn1cccn1.Cn1cccn1.Cn1cccn1.Cn1cccn1.Cn1ccn(C)c1=O.Cn1ccnn1.c1ccncc1.c1ccncc1.c1ccncc1.c1cocn1. The number of aromatic nitrogens is 25. The molecule has 17 rings (SSSR count). The fourth-order valence-electron chi connectivity index (χ4n) is 6.32. The van der Waals surface area contributed by atoms with E-state index in [9.17, 15) is 4.79 Å². The Morgan fingerprint density at radius 2 is 0.748 bits per heavy atom. The second kappa shape index (κ2) is 61.8. The molecule has 568 valence electrons. The fourth-order valence-corrected chi connectivity index (χ4v) is 7.20. The zero-order chi connectivity index (χ0) is 78.8. The summed E-state index contributed by atoms with van der Waals surface area (Å²) in [4.78, 5) is 41.4. The number of imidazole rings is 3. The van der Waals surface area contributed by atoms with Crippen molar-refractivity contribution in [3.63, 3.8) is 0 Å². The molecule has 0 spiro atoms. The lowest BCUT2D eigenvalue weighted by atomic mass is 10.3. The molecule has 0 bridgehead atoms. The highest BCUT2D eigenvalue weighted by atomic mass is 32.1. The Hall–Kier alpha value is -12.8. The lowest BCUT2D eigenvalue weighted by molar-refractivity contribution is 0.534. The van der Waals surface area contributed by atoms with Gasteiger partial charge in [0.1, 0.15) is 23.7 Å².